The number of hydrogen-bond donors (Lipinski definition) is 2. The first kappa shape index (κ1) is 16.3. The lowest BCUT2D eigenvalue weighted by Crippen LogP contribution is -2.47. The van der Waals surface area contributed by atoms with Gasteiger partial charge in [-0.1, -0.05) is 12.6 Å². The SMILES string of the molecule is C=CC(=O)N[C@@H]1CCCN(c2cnc3[nH]cc(-c4cccnc4)c3c2)C1. The number of piperidine rings is 1. The van der Waals surface area contributed by atoms with Gasteiger partial charge in [-0.2, -0.15) is 0 Å². The molecular formula is C20H21N5O. The third-order valence-corrected chi connectivity index (χ3v) is 4.81. The molecule has 26 heavy (non-hydrogen) atoms. The van der Waals surface area contributed by atoms with E-state index in [4.69, 9.17) is 0 Å². The normalized spacial score (nSPS) is 17.2. The maximum atomic E-state index is 11.6. The summed E-state index contributed by atoms with van der Waals surface area (Å²) in [7, 11) is 0. The fourth-order valence-corrected chi connectivity index (χ4v) is 3.52. The van der Waals surface area contributed by atoms with Crippen LogP contribution >= 0.6 is 0 Å². The number of carbonyl (C=O) groups is 1. The molecule has 0 saturated carbocycles. The lowest BCUT2D eigenvalue weighted by Gasteiger charge is -2.34. The number of pyridine rings is 2. The van der Waals surface area contributed by atoms with Gasteiger partial charge in [-0.25, -0.2) is 4.98 Å². The van der Waals surface area contributed by atoms with Crippen molar-refractivity contribution in [2.24, 2.45) is 0 Å². The Morgan fingerprint density at radius 3 is 3.15 bits per heavy atom. The molecule has 0 aliphatic carbocycles. The zero-order valence-electron chi connectivity index (χ0n) is 14.5. The number of carbonyl (C=O) groups excluding carboxylic acids is 1. The van der Waals surface area contributed by atoms with Crippen LogP contribution in [-0.2, 0) is 4.79 Å². The zero-order chi connectivity index (χ0) is 17.9. The van der Waals surface area contributed by atoms with Gasteiger partial charge in [-0.05, 0) is 31.1 Å². The summed E-state index contributed by atoms with van der Waals surface area (Å²) in [5, 5.41) is 4.08. The molecule has 6 heteroatoms. The molecule has 0 radical (unpaired) electrons. The summed E-state index contributed by atoms with van der Waals surface area (Å²) in [6, 6.07) is 6.28. The molecule has 6 nitrogen and oxygen atoms in total. The quantitative estimate of drug-likeness (QED) is 0.712. The Bertz CT molecular complexity index is 934. The van der Waals surface area contributed by atoms with E-state index in [0.717, 1.165) is 53.8 Å². The Morgan fingerprint density at radius 2 is 2.35 bits per heavy atom. The van der Waals surface area contributed by atoms with Gasteiger partial charge in [0.2, 0.25) is 5.91 Å². The number of nitrogens with zero attached hydrogens (tertiary/aromatic N) is 3. The Hall–Kier alpha value is -3.15. The smallest absolute Gasteiger partial charge is 0.243 e. The number of H-pyrrole nitrogens is 1. The number of amides is 1. The monoisotopic (exact) mass is 347 g/mol. The number of hydrogen-bond acceptors (Lipinski definition) is 4. The van der Waals surface area contributed by atoms with Crippen molar-refractivity contribution in [2.45, 2.75) is 18.9 Å². The fraction of sp³-hybridized carbons (Fsp3) is 0.250. The second-order valence-corrected chi connectivity index (χ2v) is 6.53. The first-order valence-corrected chi connectivity index (χ1v) is 8.80. The fourth-order valence-electron chi connectivity index (χ4n) is 3.52. The van der Waals surface area contributed by atoms with Crippen molar-refractivity contribution in [3.05, 3.63) is 55.6 Å². The standard InChI is InChI=1S/C20H21N5O/c1-2-19(26)24-15-6-4-8-25(13-15)16-9-17-18(12-23-20(17)22-11-16)14-5-3-7-21-10-14/h2-3,5,7,9-12,15H,1,4,6,8,13H2,(H,22,23)(H,24,26)/t15-/m1/s1. The molecular weight excluding hydrogens is 326 g/mol. The molecule has 4 rings (SSSR count). The maximum absolute atomic E-state index is 11.6. The van der Waals surface area contributed by atoms with Crippen molar-refractivity contribution in [2.75, 3.05) is 18.0 Å². The Balaban J connectivity index is 1.62. The van der Waals surface area contributed by atoms with E-state index in [1.165, 1.54) is 6.08 Å². The second kappa shape index (κ2) is 7.00. The molecule has 4 heterocycles. The van der Waals surface area contributed by atoms with Gasteiger partial charge >= 0.3 is 0 Å². The molecule has 132 valence electrons. The van der Waals surface area contributed by atoms with Crippen molar-refractivity contribution in [3.63, 3.8) is 0 Å². The topological polar surface area (TPSA) is 73.9 Å². The van der Waals surface area contributed by atoms with Crippen LogP contribution in [-0.4, -0.2) is 40.0 Å². The molecule has 1 aliphatic heterocycles. The Labute approximate surface area is 152 Å². The van der Waals surface area contributed by atoms with Gasteiger partial charge in [0.1, 0.15) is 5.65 Å². The summed E-state index contributed by atoms with van der Waals surface area (Å²) in [4.78, 5) is 25.9. The average molecular weight is 347 g/mol. The highest BCUT2D eigenvalue weighted by Gasteiger charge is 2.22. The molecule has 0 aromatic carbocycles. The van der Waals surface area contributed by atoms with Crippen LogP contribution in [0.15, 0.2) is 55.6 Å². The molecule has 1 saturated heterocycles. The van der Waals surface area contributed by atoms with Crippen LogP contribution in [0.25, 0.3) is 22.2 Å². The average Bonchev–Trinajstić information content (AvgIpc) is 3.12. The minimum absolute atomic E-state index is 0.116. The molecule has 0 unspecified atom stereocenters. The molecule has 0 bridgehead atoms. The number of aromatic nitrogens is 3. The lowest BCUT2D eigenvalue weighted by atomic mass is 10.0. The summed E-state index contributed by atoms with van der Waals surface area (Å²) in [6.07, 6.45) is 10.8. The minimum atomic E-state index is -0.116. The largest absolute Gasteiger partial charge is 0.368 e. The van der Waals surface area contributed by atoms with E-state index in [9.17, 15) is 4.79 Å². The summed E-state index contributed by atoms with van der Waals surface area (Å²) >= 11 is 0. The predicted molar refractivity (Wildman–Crippen MR) is 103 cm³/mol. The summed E-state index contributed by atoms with van der Waals surface area (Å²) in [5.74, 6) is -0.116. The number of nitrogens with one attached hydrogen (secondary N) is 2. The lowest BCUT2D eigenvalue weighted by molar-refractivity contribution is -0.117. The second-order valence-electron chi connectivity index (χ2n) is 6.53. The van der Waals surface area contributed by atoms with Crippen LogP contribution in [0.4, 0.5) is 5.69 Å². The number of anilines is 1. The van der Waals surface area contributed by atoms with E-state index < -0.39 is 0 Å². The van der Waals surface area contributed by atoms with Crippen LogP contribution in [0.2, 0.25) is 0 Å². The molecule has 3 aromatic rings. The maximum Gasteiger partial charge on any atom is 0.243 e. The summed E-state index contributed by atoms with van der Waals surface area (Å²) < 4.78 is 0. The van der Waals surface area contributed by atoms with Gasteiger partial charge in [0.15, 0.2) is 0 Å². The van der Waals surface area contributed by atoms with Crippen molar-refractivity contribution >= 4 is 22.6 Å². The van der Waals surface area contributed by atoms with E-state index >= 15 is 0 Å². The van der Waals surface area contributed by atoms with Crippen LogP contribution < -0.4 is 10.2 Å². The summed E-state index contributed by atoms with van der Waals surface area (Å²) in [5.41, 5.74) is 4.09. The van der Waals surface area contributed by atoms with E-state index in [1.807, 2.05) is 30.7 Å². The molecule has 2 N–H and O–H groups in total. The van der Waals surface area contributed by atoms with Gasteiger partial charge in [-0.3, -0.25) is 9.78 Å². The predicted octanol–water partition coefficient (Wildman–Crippen LogP) is 2.90. The van der Waals surface area contributed by atoms with E-state index in [-0.39, 0.29) is 11.9 Å². The van der Waals surface area contributed by atoms with E-state index in [0.29, 0.717) is 0 Å². The third-order valence-electron chi connectivity index (χ3n) is 4.81. The van der Waals surface area contributed by atoms with Crippen LogP contribution in [0.1, 0.15) is 12.8 Å². The zero-order valence-corrected chi connectivity index (χ0v) is 14.5. The van der Waals surface area contributed by atoms with E-state index in [1.54, 1.807) is 6.20 Å². The van der Waals surface area contributed by atoms with Gasteiger partial charge in [-0.15, -0.1) is 0 Å². The first-order chi connectivity index (χ1) is 12.7. The van der Waals surface area contributed by atoms with Crippen molar-refractivity contribution < 1.29 is 4.79 Å². The highest BCUT2D eigenvalue weighted by molar-refractivity contribution is 5.95. The van der Waals surface area contributed by atoms with Gasteiger partial charge in [0.25, 0.3) is 0 Å². The third kappa shape index (κ3) is 3.18. The van der Waals surface area contributed by atoms with Crippen molar-refractivity contribution in [1.82, 2.24) is 20.3 Å². The van der Waals surface area contributed by atoms with Crippen LogP contribution in [0.3, 0.4) is 0 Å². The minimum Gasteiger partial charge on any atom is -0.368 e. The number of aromatic amines is 1. The molecule has 1 amide bonds. The van der Waals surface area contributed by atoms with Gasteiger partial charge < -0.3 is 15.2 Å². The first-order valence-electron chi connectivity index (χ1n) is 8.80. The highest BCUT2D eigenvalue weighted by atomic mass is 16.1. The molecule has 1 fully saturated rings. The van der Waals surface area contributed by atoms with Gasteiger partial charge in [0, 0.05) is 54.2 Å². The van der Waals surface area contributed by atoms with Gasteiger partial charge in [0.05, 0.1) is 11.9 Å². The van der Waals surface area contributed by atoms with E-state index in [2.05, 4.69) is 37.8 Å². The molecule has 3 aromatic heterocycles. The molecule has 1 atom stereocenters. The van der Waals surface area contributed by atoms with Crippen molar-refractivity contribution in [1.29, 1.82) is 0 Å². The van der Waals surface area contributed by atoms with Crippen molar-refractivity contribution in [3.8, 4) is 11.1 Å². The Kier molecular flexibility index (Phi) is 4.39. The number of rotatable bonds is 4. The molecule has 0 spiro atoms. The highest BCUT2D eigenvalue weighted by Crippen LogP contribution is 2.30. The Morgan fingerprint density at radius 1 is 1.42 bits per heavy atom. The van der Waals surface area contributed by atoms with Crippen LogP contribution in [0.5, 0.6) is 0 Å². The van der Waals surface area contributed by atoms with Crippen LogP contribution in [0, 0.1) is 0 Å². The summed E-state index contributed by atoms with van der Waals surface area (Å²) in [6.45, 7) is 5.26. The number of fused-ring (bicyclic) bond motifs is 1. The molecule has 1 aliphatic rings.